The summed E-state index contributed by atoms with van der Waals surface area (Å²) in [4.78, 5) is 25.3. The molecule has 1 aromatic heterocycles. The number of ether oxygens (including phenoxy) is 1. The first-order valence-corrected chi connectivity index (χ1v) is 8.78. The number of nitrogens with one attached hydrogen (secondary N) is 1. The van der Waals surface area contributed by atoms with Crippen molar-refractivity contribution in [3.8, 4) is 0 Å². The van der Waals surface area contributed by atoms with Crippen LogP contribution in [0.5, 0.6) is 0 Å². The number of carbonyl (C=O) groups is 2. The Morgan fingerprint density at radius 1 is 1.15 bits per heavy atom. The van der Waals surface area contributed by atoms with Crippen molar-refractivity contribution in [1.82, 2.24) is 5.32 Å². The van der Waals surface area contributed by atoms with Gasteiger partial charge in [-0.15, -0.1) is 0 Å². The number of aryl methyl sites for hydroxylation is 1. The lowest BCUT2D eigenvalue weighted by Gasteiger charge is -2.17. The van der Waals surface area contributed by atoms with Gasteiger partial charge >= 0.3 is 5.97 Å². The monoisotopic (exact) mass is 367 g/mol. The Morgan fingerprint density at radius 3 is 2.56 bits per heavy atom. The van der Waals surface area contributed by atoms with Crippen molar-refractivity contribution in [2.75, 3.05) is 0 Å². The molecule has 1 heterocycles. The Hall–Kier alpha value is -3.15. The molecule has 0 saturated heterocycles. The largest absolute Gasteiger partial charge is 0.446 e. The molecule has 4 rings (SSSR count). The first-order chi connectivity index (χ1) is 13.0. The van der Waals surface area contributed by atoms with Crippen molar-refractivity contribution in [1.29, 1.82) is 0 Å². The van der Waals surface area contributed by atoms with E-state index in [1.165, 1.54) is 6.07 Å². The fraction of sp³-hybridized carbons (Fsp3) is 0.238. The van der Waals surface area contributed by atoms with Gasteiger partial charge in [0.25, 0.3) is 5.91 Å². The molecule has 138 valence electrons. The van der Waals surface area contributed by atoms with Gasteiger partial charge in [0.2, 0.25) is 11.9 Å². The van der Waals surface area contributed by atoms with Gasteiger partial charge in [0, 0.05) is 22.6 Å². The molecule has 1 atom stereocenters. The normalized spacial score (nSPS) is 14.7. The second kappa shape index (κ2) is 6.87. The van der Waals surface area contributed by atoms with Crippen LogP contribution in [0.4, 0.5) is 4.39 Å². The van der Waals surface area contributed by atoms with E-state index in [1.807, 2.05) is 6.07 Å². The van der Waals surface area contributed by atoms with E-state index in [0.29, 0.717) is 16.5 Å². The maximum absolute atomic E-state index is 13.9. The standard InChI is InChI=1S/C21H18FNO4/c1-12-15-8-5-9-16(22)19(15)26-17(12)21(25)27-18(13-6-3-2-4-7-13)20(24)23-14-10-11-14/h2-9,14,18H,10-11H2,1H3,(H,23,24)/t18-/m1/s1. The Morgan fingerprint density at radius 2 is 1.89 bits per heavy atom. The zero-order chi connectivity index (χ0) is 19.0. The predicted molar refractivity (Wildman–Crippen MR) is 96.7 cm³/mol. The molecule has 1 aliphatic rings. The van der Waals surface area contributed by atoms with Crippen LogP contribution in [0.15, 0.2) is 52.9 Å². The fourth-order valence-corrected chi connectivity index (χ4v) is 2.97. The summed E-state index contributed by atoms with van der Waals surface area (Å²) in [5.41, 5.74) is 1.04. The third-order valence-electron chi connectivity index (χ3n) is 4.59. The summed E-state index contributed by atoms with van der Waals surface area (Å²) in [6.45, 7) is 1.66. The van der Waals surface area contributed by atoms with Crippen molar-refractivity contribution < 1.29 is 23.1 Å². The number of furan rings is 1. The quantitative estimate of drug-likeness (QED) is 0.691. The molecular formula is C21H18FNO4. The molecule has 1 aliphatic carbocycles. The number of hydrogen-bond donors (Lipinski definition) is 1. The number of carbonyl (C=O) groups excluding carboxylic acids is 2. The topological polar surface area (TPSA) is 68.5 Å². The maximum atomic E-state index is 13.9. The van der Waals surface area contributed by atoms with E-state index < -0.39 is 17.9 Å². The van der Waals surface area contributed by atoms with Crippen molar-refractivity contribution in [2.45, 2.75) is 31.9 Å². The zero-order valence-corrected chi connectivity index (χ0v) is 14.7. The van der Waals surface area contributed by atoms with Gasteiger partial charge < -0.3 is 14.5 Å². The Balaban J connectivity index is 1.64. The SMILES string of the molecule is Cc1c(C(=O)O[C@@H](C(=O)NC2CC2)c2ccccc2)oc2c(F)cccc12. The number of rotatable bonds is 5. The van der Waals surface area contributed by atoms with Gasteiger partial charge in [-0.3, -0.25) is 4.79 Å². The van der Waals surface area contributed by atoms with Crippen LogP contribution < -0.4 is 5.32 Å². The lowest BCUT2D eigenvalue weighted by Crippen LogP contribution is -2.33. The molecule has 0 spiro atoms. The first-order valence-electron chi connectivity index (χ1n) is 8.78. The van der Waals surface area contributed by atoms with E-state index in [1.54, 1.807) is 43.3 Å². The van der Waals surface area contributed by atoms with Gasteiger partial charge in [0.15, 0.2) is 11.4 Å². The Labute approximate surface area is 155 Å². The summed E-state index contributed by atoms with van der Waals surface area (Å²) in [5, 5.41) is 3.35. The van der Waals surface area contributed by atoms with Gasteiger partial charge in [0.05, 0.1) is 0 Å². The molecular weight excluding hydrogens is 349 g/mol. The van der Waals surface area contributed by atoms with Crippen molar-refractivity contribution in [3.63, 3.8) is 0 Å². The van der Waals surface area contributed by atoms with E-state index in [9.17, 15) is 14.0 Å². The summed E-state index contributed by atoms with van der Waals surface area (Å²) in [5.74, 6) is -1.84. The summed E-state index contributed by atoms with van der Waals surface area (Å²) in [6.07, 6.45) is 0.739. The minimum absolute atomic E-state index is 0.000595. The third-order valence-corrected chi connectivity index (χ3v) is 4.59. The molecule has 27 heavy (non-hydrogen) atoms. The molecule has 0 unspecified atom stereocenters. The van der Waals surface area contributed by atoms with E-state index in [-0.39, 0.29) is 23.3 Å². The minimum Gasteiger partial charge on any atom is -0.446 e. The molecule has 1 amide bonds. The molecule has 0 bridgehead atoms. The van der Waals surface area contributed by atoms with Gasteiger partial charge in [-0.25, -0.2) is 9.18 Å². The number of esters is 1. The van der Waals surface area contributed by atoms with Crippen LogP contribution in [0, 0.1) is 12.7 Å². The number of halogens is 1. The second-order valence-electron chi connectivity index (χ2n) is 6.65. The molecule has 1 fully saturated rings. The highest BCUT2D eigenvalue weighted by Gasteiger charge is 2.32. The van der Waals surface area contributed by atoms with E-state index in [0.717, 1.165) is 12.8 Å². The van der Waals surface area contributed by atoms with Crippen molar-refractivity contribution >= 4 is 22.8 Å². The molecule has 1 saturated carbocycles. The van der Waals surface area contributed by atoms with Gasteiger partial charge in [-0.05, 0) is 25.8 Å². The number of amides is 1. The van der Waals surface area contributed by atoms with Crippen LogP contribution in [0.25, 0.3) is 11.0 Å². The number of fused-ring (bicyclic) bond motifs is 1. The van der Waals surface area contributed by atoms with Gasteiger partial charge in [0.1, 0.15) is 0 Å². The number of hydrogen-bond acceptors (Lipinski definition) is 4. The number of benzene rings is 2. The second-order valence-corrected chi connectivity index (χ2v) is 6.65. The van der Waals surface area contributed by atoms with Crippen LogP contribution in [-0.4, -0.2) is 17.9 Å². The molecule has 2 aromatic carbocycles. The highest BCUT2D eigenvalue weighted by molar-refractivity contribution is 5.97. The predicted octanol–water partition coefficient (Wildman–Crippen LogP) is 4.06. The van der Waals surface area contributed by atoms with E-state index in [2.05, 4.69) is 5.32 Å². The maximum Gasteiger partial charge on any atom is 0.375 e. The molecule has 1 N–H and O–H groups in total. The van der Waals surface area contributed by atoms with Crippen LogP contribution in [-0.2, 0) is 9.53 Å². The Kier molecular flexibility index (Phi) is 4.39. The highest BCUT2D eigenvalue weighted by atomic mass is 19.1. The first kappa shape index (κ1) is 17.3. The average molecular weight is 367 g/mol. The zero-order valence-electron chi connectivity index (χ0n) is 14.7. The summed E-state index contributed by atoms with van der Waals surface area (Å²) in [6, 6.07) is 13.4. The van der Waals surface area contributed by atoms with Crippen LogP contribution >= 0.6 is 0 Å². The van der Waals surface area contributed by atoms with Crippen molar-refractivity contribution in [2.24, 2.45) is 0 Å². The molecule has 0 aliphatic heterocycles. The minimum atomic E-state index is -1.10. The average Bonchev–Trinajstić information content (AvgIpc) is 3.42. The summed E-state index contributed by atoms with van der Waals surface area (Å²) >= 11 is 0. The third kappa shape index (κ3) is 3.43. The Bertz CT molecular complexity index is 1010. The van der Waals surface area contributed by atoms with Crippen LogP contribution in [0.2, 0.25) is 0 Å². The molecule has 0 radical (unpaired) electrons. The molecule has 6 heteroatoms. The van der Waals surface area contributed by atoms with Gasteiger partial charge in [-0.2, -0.15) is 0 Å². The smallest absolute Gasteiger partial charge is 0.375 e. The lowest BCUT2D eigenvalue weighted by molar-refractivity contribution is -0.130. The molecule has 5 nitrogen and oxygen atoms in total. The fourth-order valence-electron chi connectivity index (χ4n) is 2.97. The van der Waals surface area contributed by atoms with Crippen LogP contribution in [0.1, 0.15) is 40.6 Å². The van der Waals surface area contributed by atoms with E-state index in [4.69, 9.17) is 9.15 Å². The van der Waals surface area contributed by atoms with Crippen molar-refractivity contribution in [3.05, 3.63) is 71.2 Å². The van der Waals surface area contributed by atoms with Gasteiger partial charge in [-0.1, -0.05) is 42.5 Å². The van der Waals surface area contributed by atoms with E-state index >= 15 is 0 Å². The summed E-state index contributed by atoms with van der Waals surface area (Å²) in [7, 11) is 0. The molecule has 3 aromatic rings. The van der Waals surface area contributed by atoms with Crippen LogP contribution in [0.3, 0.4) is 0 Å². The lowest BCUT2D eigenvalue weighted by atomic mass is 10.1. The highest BCUT2D eigenvalue weighted by Crippen LogP contribution is 2.30. The summed E-state index contributed by atoms with van der Waals surface area (Å²) < 4.78 is 24.9. The number of para-hydroxylation sites is 1.